The van der Waals surface area contributed by atoms with Crippen LogP contribution in [-0.4, -0.2) is 19.0 Å². The second kappa shape index (κ2) is 9.24. The summed E-state index contributed by atoms with van der Waals surface area (Å²) >= 11 is 0. The van der Waals surface area contributed by atoms with Crippen molar-refractivity contribution < 1.29 is 9.18 Å². The van der Waals surface area contributed by atoms with Crippen LogP contribution in [0.3, 0.4) is 0 Å². The Morgan fingerprint density at radius 2 is 2.00 bits per heavy atom. The van der Waals surface area contributed by atoms with Gasteiger partial charge in [-0.05, 0) is 68.8 Å². The van der Waals surface area contributed by atoms with E-state index in [9.17, 15) is 9.18 Å². The zero-order valence-electron chi connectivity index (χ0n) is 14.2. The lowest BCUT2D eigenvalue weighted by Crippen LogP contribution is -2.34. The van der Waals surface area contributed by atoms with Gasteiger partial charge >= 0.3 is 0 Å². The molecule has 23 heavy (non-hydrogen) atoms. The van der Waals surface area contributed by atoms with Crippen molar-refractivity contribution in [3.63, 3.8) is 0 Å². The van der Waals surface area contributed by atoms with Gasteiger partial charge in [0.15, 0.2) is 0 Å². The molecule has 2 rings (SSSR count). The van der Waals surface area contributed by atoms with E-state index in [1.165, 1.54) is 6.07 Å². The minimum absolute atomic E-state index is 0. The van der Waals surface area contributed by atoms with Gasteiger partial charge in [0.25, 0.3) is 0 Å². The molecule has 2 N–H and O–H groups in total. The van der Waals surface area contributed by atoms with Crippen LogP contribution in [0.15, 0.2) is 18.2 Å². The summed E-state index contributed by atoms with van der Waals surface area (Å²) in [7, 11) is 0. The number of rotatable bonds is 5. The molecule has 1 saturated heterocycles. The summed E-state index contributed by atoms with van der Waals surface area (Å²) in [6.07, 6.45) is 2.84. The molecule has 0 bridgehead atoms. The van der Waals surface area contributed by atoms with Crippen LogP contribution >= 0.6 is 12.4 Å². The average Bonchev–Trinajstić information content (AvgIpc) is 2.50. The van der Waals surface area contributed by atoms with Crippen LogP contribution in [0.1, 0.15) is 50.3 Å². The number of amides is 1. The van der Waals surface area contributed by atoms with Crippen molar-refractivity contribution >= 4 is 18.3 Å². The summed E-state index contributed by atoms with van der Waals surface area (Å²) in [5.74, 6) is 0.851. The van der Waals surface area contributed by atoms with Gasteiger partial charge in [-0.2, -0.15) is 0 Å². The van der Waals surface area contributed by atoms with E-state index in [1.807, 2.05) is 13.0 Å². The van der Waals surface area contributed by atoms with E-state index >= 15 is 0 Å². The molecule has 1 aliphatic rings. The molecule has 1 aromatic carbocycles. The SMILES string of the molecule is Cc1ccc(C(C)NC(=O)CC(C)C2CCNCC2)cc1F.Cl. The predicted molar refractivity (Wildman–Crippen MR) is 94.3 cm³/mol. The molecule has 1 aliphatic heterocycles. The quantitative estimate of drug-likeness (QED) is 0.855. The number of piperidine rings is 1. The highest BCUT2D eigenvalue weighted by Crippen LogP contribution is 2.24. The van der Waals surface area contributed by atoms with E-state index in [0.717, 1.165) is 31.5 Å². The smallest absolute Gasteiger partial charge is 0.220 e. The molecule has 1 aromatic rings. The van der Waals surface area contributed by atoms with Crippen LogP contribution < -0.4 is 10.6 Å². The van der Waals surface area contributed by atoms with Crippen molar-refractivity contribution in [2.75, 3.05) is 13.1 Å². The molecule has 3 nitrogen and oxygen atoms in total. The van der Waals surface area contributed by atoms with Gasteiger partial charge in [0, 0.05) is 6.42 Å². The van der Waals surface area contributed by atoms with Crippen molar-refractivity contribution in [3.8, 4) is 0 Å². The molecule has 5 heteroatoms. The van der Waals surface area contributed by atoms with E-state index in [1.54, 1.807) is 13.0 Å². The molecule has 0 spiro atoms. The first-order valence-electron chi connectivity index (χ1n) is 8.23. The standard InChI is InChI=1S/C18H27FN2O.ClH/c1-12-4-5-16(11-17(12)19)14(3)21-18(22)10-13(2)15-6-8-20-9-7-15;/h4-5,11,13-15,20H,6-10H2,1-3H3,(H,21,22);1H. The molecular formula is C18H28ClFN2O. The summed E-state index contributed by atoms with van der Waals surface area (Å²) in [4.78, 5) is 12.2. The van der Waals surface area contributed by atoms with Gasteiger partial charge < -0.3 is 10.6 Å². The minimum Gasteiger partial charge on any atom is -0.350 e. The topological polar surface area (TPSA) is 41.1 Å². The molecule has 0 aromatic heterocycles. The number of carbonyl (C=O) groups excluding carboxylic acids is 1. The normalized spacial score (nSPS) is 17.9. The Balaban J connectivity index is 0.00000264. The van der Waals surface area contributed by atoms with E-state index in [0.29, 0.717) is 23.8 Å². The van der Waals surface area contributed by atoms with Crippen molar-refractivity contribution in [1.29, 1.82) is 0 Å². The lowest BCUT2D eigenvalue weighted by Gasteiger charge is -2.28. The van der Waals surface area contributed by atoms with E-state index in [4.69, 9.17) is 0 Å². The van der Waals surface area contributed by atoms with Crippen LogP contribution in [0.4, 0.5) is 4.39 Å². The lowest BCUT2D eigenvalue weighted by molar-refractivity contribution is -0.123. The summed E-state index contributed by atoms with van der Waals surface area (Å²) in [5.41, 5.74) is 1.44. The number of hydrogen-bond acceptors (Lipinski definition) is 2. The molecule has 0 radical (unpaired) electrons. The third kappa shape index (κ3) is 5.78. The van der Waals surface area contributed by atoms with Gasteiger partial charge in [-0.1, -0.05) is 19.1 Å². The average molecular weight is 343 g/mol. The number of aryl methyl sites for hydroxylation is 1. The molecule has 1 amide bonds. The van der Waals surface area contributed by atoms with Gasteiger partial charge in [-0.3, -0.25) is 4.79 Å². The fraction of sp³-hybridized carbons (Fsp3) is 0.611. The maximum atomic E-state index is 13.6. The minimum atomic E-state index is -0.221. The Hall–Kier alpha value is -1.13. The Labute approximate surface area is 144 Å². The summed E-state index contributed by atoms with van der Waals surface area (Å²) in [6.45, 7) is 7.90. The van der Waals surface area contributed by atoms with Crippen LogP contribution in [-0.2, 0) is 4.79 Å². The summed E-state index contributed by atoms with van der Waals surface area (Å²) in [5, 5.41) is 6.34. The largest absolute Gasteiger partial charge is 0.350 e. The van der Waals surface area contributed by atoms with Crippen molar-refractivity contribution in [2.45, 2.75) is 46.1 Å². The zero-order valence-corrected chi connectivity index (χ0v) is 15.0. The number of halogens is 2. The fourth-order valence-corrected chi connectivity index (χ4v) is 3.13. The first-order chi connectivity index (χ1) is 10.5. The van der Waals surface area contributed by atoms with Crippen LogP contribution in [0.2, 0.25) is 0 Å². The van der Waals surface area contributed by atoms with Crippen LogP contribution in [0, 0.1) is 24.6 Å². The first kappa shape index (κ1) is 19.9. The van der Waals surface area contributed by atoms with Crippen LogP contribution in [0.5, 0.6) is 0 Å². The third-order valence-electron chi connectivity index (χ3n) is 4.77. The van der Waals surface area contributed by atoms with Crippen molar-refractivity contribution in [1.82, 2.24) is 10.6 Å². The second-order valence-electron chi connectivity index (χ2n) is 6.57. The first-order valence-corrected chi connectivity index (χ1v) is 8.23. The molecular weight excluding hydrogens is 315 g/mol. The molecule has 2 unspecified atom stereocenters. The van der Waals surface area contributed by atoms with Gasteiger partial charge in [-0.25, -0.2) is 4.39 Å². The molecule has 130 valence electrons. The highest BCUT2D eigenvalue weighted by Gasteiger charge is 2.22. The van der Waals surface area contributed by atoms with Crippen LogP contribution in [0.25, 0.3) is 0 Å². The highest BCUT2D eigenvalue weighted by molar-refractivity contribution is 5.85. The maximum absolute atomic E-state index is 13.6. The second-order valence-corrected chi connectivity index (χ2v) is 6.57. The number of carbonyl (C=O) groups is 1. The fourth-order valence-electron chi connectivity index (χ4n) is 3.13. The van der Waals surface area contributed by atoms with E-state index in [2.05, 4.69) is 17.6 Å². The van der Waals surface area contributed by atoms with Crippen molar-refractivity contribution in [2.24, 2.45) is 11.8 Å². The monoisotopic (exact) mass is 342 g/mol. The Morgan fingerprint density at radius 3 is 2.61 bits per heavy atom. The zero-order chi connectivity index (χ0) is 16.1. The number of nitrogens with one attached hydrogen (secondary N) is 2. The lowest BCUT2D eigenvalue weighted by atomic mass is 9.84. The Morgan fingerprint density at radius 1 is 1.35 bits per heavy atom. The molecule has 1 heterocycles. The van der Waals surface area contributed by atoms with Gasteiger partial charge in [0.05, 0.1) is 6.04 Å². The summed E-state index contributed by atoms with van der Waals surface area (Å²) in [6, 6.07) is 4.98. The van der Waals surface area contributed by atoms with Gasteiger partial charge in [0.1, 0.15) is 5.82 Å². The van der Waals surface area contributed by atoms with Gasteiger partial charge in [-0.15, -0.1) is 12.4 Å². The highest BCUT2D eigenvalue weighted by atomic mass is 35.5. The Kier molecular flexibility index (Phi) is 8.00. The van der Waals surface area contributed by atoms with Gasteiger partial charge in [0.2, 0.25) is 5.91 Å². The predicted octanol–water partition coefficient (Wildman–Crippen LogP) is 3.76. The Bertz CT molecular complexity index is 518. The van der Waals surface area contributed by atoms with E-state index < -0.39 is 0 Å². The number of benzene rings is 1. The molecule has 0 saturated carbocycles. The maximum Gasteiger partial charge on any atom is 0.220 e. The van der Waals surface area contributed by atoms with E-state index in [-0.39, 0.29) is 30.2 Å². The molecule has 2 atom stereocenters. The van der Waals surface area contributed by atoms with Crippen molar-refractivity contribution in [3.05, 3.63) is 35.1 Å². The molecule has 0 aliphatic carbocycles. The molecule has 1 fully saturated rings. The summed E-state index contributed by atoms with van der Waals surface area (Å²) < 4.78 is 13.6. The third-order valence-corrected chi connectivity index (χ3v) is 4.77. The number of hydrogen-bond donors (Lipinski definition) is 2.